The Morgan fingerprint density at radius 3 is 2.85 bits per heavy atom. The molecule has 1 heterocycles. The highest BCUT2D eigenvalue weighted by Gasteiger charge is 2.16. The Balaban J connectivity index is 2.13. The topological polar surface area (TPSA) is 17.8 Å². The van der Waals surface area contributed by atoms with Crippen molar-refractivity contribution in [3.05, 3.63) is 18.2 Å². The number of hydrogen-bond donors (Lipinski definition) is 0. The first-order valence-corrected chi connectivity index (χ1v) is 5.43. The molecular weight excluding hydrogens is 160 g/mol. The fourth-order valence-corrected chi connectivity index (χ4v) is 2.31. The van der Waals surface area contributed by atoms with E-state index in [0.717, 1.165) is 12.5 Å². The van der Waals surface area contributed by atoms with Gasteiger partial charge in [-0.05, 0) is 12.8 Å². The van der Waals surface area contributed by atoms with E-state index >= 15 is 0 Å². The molecule has 0 N–H and O–H groups in total. The van der Waals surface area contributed by atoms with Gasteiger partial charge in [0.1, 0.15) is 5.82 Å². The second kappa shape index (κ2) is 3.95. The first-order chi connectivity index (χ1) is 6.42. The van der Waals surface area contributed by atoms with Gasteiger partial charge in [-0.25, -0.2) is 4.98 Å². The second-order valence-electron chi connectivity index (χ2n) is 3.90. The lowest BCUT2D eigenvalue weighted by molar-refractivity contribution is 0.346. The molecule has 0 atom stereocenters. The zero-order valence-corrected chi connectivity index (χ0v) is 8.37. The first kappa shape index (κ1) is 8.79. The summed E-state index contributed by atoms with van der Waals surface area (Å²) in [6.45, 7) is 2.18. The normalized spacial score (nSPS) is 19.2. The molecule has 1 fully saturated rings. The third-order valence-electron chi connectivity index (χ3n) is 3.03. The van der Waals surface area contributed by atoms with Gasteiger partial charge in [-0.3, -0.25) is 0 Å². The summed E-state index contributed by atoms with van der Waals surface area (Å²) in [7, 11) is 0. The molecular formula is C11H18N2. The summed E-state index contributed by atoms with van der Waals surface area (Å²) < 4.78 is 2.39. The van der Waals surface area contributed by atoms with Gasteiger partial charge in [0.05, 0.1) is 0 Å². The Kier molecular flexibility index (Phi) is 2.67. The Morgan fingerprint density at radius 1 is 1.38 bits per heavy atom. The number of hydrogen-bond acceptors (Lipinski definition) is 1. The molecule has 1 aromatic heterocycles. The lowest BCUT2D eigenvalue weighted by atomic mass is 9.95. The molecule has 1 aliphatic carbocycles. The molecule has 0 amide bonds. The van der Waals surface area contributed by atoms with Gasteiger partial charge in [0, 0.05) is 24.9 Å². The monoisotopic (exact) mass is 178 g/mol. The molecule has 0 saturated heterocycles. The van der Waals surface area contributed by atoms with Gasteiger partial charge in [0.15, 0.2) is 0 Å². The van der Waals surface area contributed by atoms with Crippen molar-refractivity contribution in [1.82, 2.24) is 9.55 Å². The number of nitrogens with zero attached hydrogens (tertiary/aromatic N) is 2. The Bertz CT molecular complexity index is 259. The maximum absolute atomic E-state index is 4.37. The number of aryl methyl sites for hydroxylation is 1. The molecule has 0 unspecified atom stereocenters. The van der Waals surface area contributed by atoms with E-state index in [4.69, 9.17) is 0 Å². The van der Waals surface area contributed by atoms with Crippen LogP contribution in [0.15, 0.2) is 12.4 Å². The Labute approximate surface area is 80.0 Å². The van der Waals surface area contributed by atoms with Crippen LogP contribution in [-0.4, -0.2) is 9.55 Å². The molecule has 13 heavy (non-hydrogen) atoms. The van der Waals surface area contributed by atoms with Crippen molar-refractivity contribution in [2.24, 2.45) is 0 Å². The van der Waals surface area contributed by atoms with Crippen LogP contribution < -0.4 is 0 Å². The van der Waals surface area contributed by atoms with Crippen LogP contribution in [0.25, 0.3) is 0 Å². The second-order valence-corrected chi connectivity index (χ2v) is 3.90. The molecule has 0 radical (unpaired) electrons. The maximum atomic E-state index is 4.37. The van der Waals surface area contributed by atoms with Crippen LogP contribution in [0.3, 0.4) is 0 Å². The molecule has 2 heteroatoms. The van der Waals surface area contributed by atoms with E-state index in [1.807, 2.05) is 6.20 Å². The molecule has 2 rings (SSSR count). The van der Waals surface area contributed by atoms with Crippen LogP contribution in [0, 0.1) is 0 Å². The summed E-state index contributed by atoms with van der Waals surface area (Å²) >= 11 is 0. The number of rotatable bonds is 2. The molecule has 0 aromatic carbocycles. The van der Waals surface area contributed by atoms with Gasteiger partial charge in [-0.15, -0.1) is 0 Å². The minimum Gasteiger partial charge on any atom is -0.332 e. The molecule has 1 aromatic rings. The van der Waals surface area contributed by atoms with Crippen molar-refractivity contribution in [2.75, 3.05) is 0 Å². The van der Waals surface area contributed by atoms with E-state index in [0.29, 0.717) is 0 Å². The van der Waals surface area contributed by atoms with Crippen molar-refractivity contribution in [1.29, 1.82) is 0 Å². The van der Waals surface area contributed by atoms with E-state index in [1.54, 1.807) is 0 Å². The van der Waals surface area contributed by atoms with E-state index in [2.05, 4.69) is 22.7 Å². The summed E-state index contributed by atoms with van der Waals surface area (Å²) in [5.41, 5.74) is 0. The van der Waals surface area contributed by atoms with Crippen LogP contribution in [0.5, 0.6) is 0 Å². The standard InChI is InChI=1S/C11H18N2/c1-2-11-12-8-9-13(11)10-6-4-3-5-7-10/h8-10H,2-7H2,1H3. The highest BCUT2D eigenvalue weighted by atomic mass is 15.1. The fourth-order valence-electron chi connectivity index (χ4n) is 2.31. The summed E-state index contributed by atoms with van der Waals surface area (Å²) in [4.78, 5) is 4.37. The Hall–Kier alpha value is -0.790. The summed E-state index contributed by atoms with van der Waals surface area (Å²) in [5.74, 6) is 1.26. The van der Waals surface area contributed by atoms with Crippen molar-refractivity contribution in [3.63, 3.8) is 0 Å². The first-order valence-electron chi connectivity index (χ1n) is 5.43. The molecule has 1 saturated carbocycles. The lowest BCUT2D eigenvalue weighted by Crippen LogP contribution is -2.14. The van der Waals surface area contributed by atoms with Gasteiger partial charge >= 0.3 is 0 Å². The van der Waals surface area contributed by atoms with E-state index in [9.17, 15) is 0 Å². The van der Waals surface area contributed by atoms with Crippen molar-refractivity contribution >= 4 is 0 Å². The van der Waals surface area contributed by atoms with E-state index in [1.165, 1.54) is 37.9 Å². The highest BCUT2D eigenvalue weighted by Crippen LogP contribution is 2.28. The summed E-state index contributed by atoms with van der Waals surface area (Å²) in [6.07, 6.45) is 12.1. The van der Waals surface area contributed by atoms with Gasteiger partial charge in [0.25, 0.3) is 0 Å². The smallest absolute Gasteiger partial charge is 0.108 e. The van der Waals surface area contributed by atoms with Crippen LogP contribution in [-0.2, 0) is 6.42 Å². The predicted octanol–water partition coefficient (Wildman–Crippen LogP) is 2.95. The van der Waals surface area contributed by atoms with Crippen LogP contribution >= 0.6 is 0 Å². The molecule has 0 spiro atoms. The summed E-state index contributed by atoms with van der Waals surface area (Å²) in [5, 5.41) is 0. The molecule has 0 bridgehead atoms. The molecule has 2 nitrogen and oxygen atoms in total. The van der Waals surface area contributed by atoms with Crippen LogP contribution in [0.4, 0.5) is 0 Å². The summed E-state index contributed by atoms with van der Waals surface area (Å²) in [6, 6.07) is 0.742. The third-order valence-corrected chi connectivity index (χ3v) is 3.03. The quantitative estimate of drug-likeness (QED) is 0.680. The molecule has 1 aliphatic rings. The molecule has 72 valence electrons. The largest absolute Gasteiger partial charge is 0.332 e. The fraction of sp³-hybridized carbons (Fsp3) is 0.727. The average molecular weight is 178 g/mol. The van der Waals surface area contributed by atoms with Crippen LogP contribution in [0.2, 0.25) is 0 Å². The van der Waals surface area contributed by atoms with Crippen LogP contribution in [0.1, 0.15) is 50.9 Å². The number of aromatic nitrogens is 2. The van der Waals surface area contributed by atoms with Crippen molar-refractivity contribution in [3.8, 4) is 0 Å². The predicted molar refractivity (Wildman–Crippen MR) is 53.7 cm³/mol. The van der Waals surface area contributed by atoms with E-state index in [-0.39, 0.29) is 0 Å². The average Bonchev–Trinajstić information content (AvgIpc) is 2.67. The highest BCUT2D eigenvalue weighted by molar-refractivity contribution is 4.95. The molecule has 0 aliphatic heterocycles. The SMILES string of the molecule is CCc1nccn1C1CCCCC1. The van der Waals surface area contributed by atoms with Gasteiger partial charge < -0.3 is 4.57 Å². The zero-order chi connectivity index (χ0) is 9.10. The maximum Gasteiger partial charge on any atom is 0.108 e. The van der Waals surface area contributed by atoms with Crippen molar-refractivity contribution < 1.29 is 0 Å². The third kappa shape index (κ3) is 1.77. The Morgan fingerprint density at radius 2 is 2.15 bits per heavy atom. The van der Waals surface area contributed by atoms with Crippen molar-refractivity contribution in [2.45, 2.75) is 51.5 Å². The minimum absolute atomic E-state index is 0.742. The van der Waals surface area contributed by atoms with Gasteiger partial charge in [0.2, 0.25) is 0 Å². The minimum atomic E-state index is 0.742. The van der Waals surface area contributed by atoms with E-state index < -0.39 is 0 Å². The van der Waals surface area contributed by atoms with Gasteiger partial charge in [-0.2, -0.15) is 0 Å². The zero-order valence-electron chi connectivity index (χ0n) is 8.37. The number of imidazole rings is 1. The van der Waals surface area contributed by atoms with Gasteiger partial charge in [-0.1, -0.05) is 26.2 Å². The lowest BCUT2D eigenvalue weighted by Gasteiger charge is -2.24.